The van der Waals surface area contributed by atoms with E-state index in [4.69, 9.17) is 16.3 Å². The quantitative estimate of drug-likeness (QED) is 0.913. The zero-order valence-electron chi connectivity index (χ0n) is 12.9. The van der Waals surface area contributed by atoms with E-state index >= 15 is 0 Å². The average molecular weight is 333 g/mol. The van der Waals surface area contributed by atoms with Crippen molar-refractivity contribution in [1.82, 2.24) is 0 Å². The summed E-state index contributed by atoms with van der Waals surface area (Å²) < 4.78 is 5.42. The van der Waals surface area contributed by atoms with Crippen LogP contribution in [0.4, 0.5) is 11.4 Å². The molecule has 0 radical (unpaired) electrons. The van der Waals surface area contributed by atoms with Crippen molar-refractivity contribution in [3.63, 3.8) is 0 Å². The molecular weight excluding hydrogens is 316 g/mol. The summed E-state index contributed by atoms with van der Waals surface area (Å²) in [5.74, 6) is 0.232. The molecule has 0 aliphatic heterocycles. The van der Waals surface area contributed by atoms with Crippen molar-refractivity contribution < 1.29 is 14.3 Å². The van der Waals surface area contributed by atoms with Crippen molar-refractivity contribution >= 4 is 34.8 Å². The van der Waals surface area contributed by atoms with E-state index in [0.29, 0.717) is 16.5 Å². The van der Waals surface area contributed by atoms with E-state index in [2.05, 4.69) is 5.32 Å². The fourth-order valence-electron chi connectivity index (χ4n) is 1.83. The first-order chi connectivity index (χ1) is 11.0. The number of halogens is 1. The molecule has 0 unspecified atom stereocenters. The van der Waals surface area contributed by atoms with Crippen molar-refractivity contribution in [2.24, 2.45) is 0 Å². The number of anilines is 2. The standard InChI is InChI=1S/C17H17ClN2O3/c1-12(21)20(2)15-7-9-16(10-8-15)23-11-17(22)19-14-5-3-13(18)4-6-14/h3-10H,11H2,1-2H3,(H,19,22). The summed E-state index contributed by atoms with van der Waals surface area (Å²) in [6, 6.07) is 13.8. The van der Waals surface area contributed by atoms with Gasteiger partial charge < -0.3 is 15.0 Å². The molecule has 0 aliphatic carbocycles. The largest absolute Gasteiger partial charge is 0.484 e. The highest BCUT2D eigenvalue weighted by Gasteiger charge is 2.07. The van der Waals surface area contributed by atoms with Crippen LogP contribution in [-0.2, 0) is 9.59 Å². The van der Waals surface area contributed by atoms with Crippen LogP contribution in [0.3, 0.4) is 0 Å². The Hall–Kier alpha value is -2.53. The van der Waals surface area contributed by atoms with Crippen LogP contribution in [0.15, 0.2) is 48.5 Å². The van der Waals surface area contributed by atoms with Gasteiger partial charge in [0.2, 0.25) is 5.91 Å². The lowest BCUT2D eigenvalue weighted by atomic mass is 10.3. The summed E-state index contributed by atoms with van der Waals surface area (Å²) in [7, 11) is 1.69. The predicted octanol–water partition coefficient (Wildman–Crippen LogP) is 3.34. The molecule has 2 amide bonds. The van der Waals surface area contributed by atoms with E-state index in [9.17, 15) is 9.59 Å². The van der Waals surface area contributed by atoms with Gasteiger partial charge in [-0.3, -0.25) is 9.59 Å². The number of carbonyl (C=O) groups is 2. The summed E-state index contributed by atoms with van der Waals surface area (Å²) in [5.41, 5.74) is 1.41. The lowest BCUT2D eigenvalue weighted by molar-refractivity contribution is -0.118. The Kier molecular flexibility index (Phi) is 5.60. The lowest BCUT2D eigenvalue weighted by Gasteiger charge is -2.15. The van der Waals surface area contributed by atoms with Crippen LogP contribution in [0.2, 0.25) is 5.02 Å². The molecule has 6 heteroatoms. The molecule has 0 atom stereocenters. The minimum Gasteiger partial charge on any atom is -0.484 e. The summed E-state index contributed by atoms with van der Waals surface area (Å²) >= 11 is 5.78. The zero-order valence-corrected chi connectivity index (χ0v) is 13.6. The molecule has 5 nitrogen and oxygen atoms in total. The highest BCUT2D eigenvalue weighted by molar-refractivity contribution is 6.30. The molecule has 0 aromatic heterocycles. The first-order valence-electron chi connectivity index (χ1n) is 6.98. The Morgan fingerprint density at radius 1 is 1.09 bits per heavy atom. The first kappa shape index (κ1) is 16.8. The van der Waals surface area contributed by atoms with E-state index < -0.39 is 0 Å². The molecule has 2 aromatic carbocycles. The number of nitrogens with zero attached hydrogens (tertiary/aromatic N) is 1. The maximum Gasteiger partial charge on any atom is 0.262 e. The summed E-state index contributed by atoms with van der Waals surface area (Å²) in [6.07, 6.45) is 0. The van der Waals surface area contributed by atoms with Crippen molar-refractivity contribution in [3.8, 4) is 5.75 Å². The third-order valence-corrected chi connectivity index (χ3v) is 3.45. The smallest absolute Gasteiger partial charge is 0.262 e. The van der Waals surface area contributed by atoms with E-state index in [1.165, 1.54) is 11.8 Å². The van der Waals surface area contributed by atoms with Gasteiger partial charge in [0.25, 0.3) is 5.91 Å². The Balaban J connectivity index is 1.86. The number of nitrogens with one attached hydrogen (secondary N) is 1. The molecule has 0 fully saturated rings. The molecule has 0 aliphatic rings. The van der Waals surface area contributed by atoms with Gasteiger partial charge in [0, 0.05) is 30.4 Å². The second kappa shape index (κ2) is 7.65. The first-order valence-corrected chi connectivity index (χ1v) is 7.36. The minimum atomic E-state index is -0.266. The lowest BCUT2D eigenvalue weighted by Crippen LogP contribution is -2.22. The molecule has 1 N–H and O–H groups in total. The number of benzene rings is 2. The van der Waals surface area contributed by atoms with Crippen molar-refractivity contribution in [2.75, 3.05) is 23.9 Å². The van der Waals surface area contributed by atoms with Gasteiger partial charge in [0.15, 0.2) is 6.61 Å². The van der Waals surface area contributed by atoms with Crippen LogP contribution >= 0.6 is 11.6 Å². The van der Waals surface area contributed by atoms with Gasteiger partial charge in [0.1, 0.15) is 5.75 Å². The Bertz CT molecular complexity index is 684. The molecule has 0 saturated carbocycles. The van der Waals surface area contributed by atoms with Crippen molar-refractivity contribution in [1.29, 1.82) is 0 Å². The maximum atomic E-state index is 11.8. The van der Waals surface area contributed by atoms with E-state index in [0.717, 1.165) is 5.69 Å². The number of carbonyl (C=O) groups excluding carboxylic acids is 2. The average Bonchev–Trinajstić information content (AvgIpc) is 2.55. The van der Waals surface area contributed by atoms with Crippen LogP contribution in [0.1, 0.15) is 6.92 Å². The second-order valence-corrected chi connectivity index (χ2v) is 5.35. The molecule has 0 bridgehead atoms. The van der Waals surface area contributed by atoms with Gasteiger partial charge in [-0.25, -0.2) is 0 Å². The number of amides is 2. The maximum absolute atomic E-state index is 11.8. The molecule has 23 heavy (non-hydrogen) atoms. The number of hydrogen-bond acceptors (Lipinski definition) is 3. The van der Waals surface area contributed by atoms with Gasteiger partial charge in [-0.05, 0) is 48.5 Å². The summed E-state index contributed by atoms with van der Waals surface area (Å²) in [5, 5.41) is 3.31. The summed E-state index contributed by atoms with van der Waals surface area (Å²) in [6.45, 7) is 1.38. The predicted molar refractivity (Wildman–Crippen MR) is 91.1 cm³/mol. The number of hydrogen-bond donors (Lipinski definition) is 1. The molecule has 120 valence electrons. The van der Waals surface area contributed by atoms with Crippen molar-refractivity contribution in [2.45, 2.75) is 6.92 Å². The molecule has 0 heterocycles. The number of ether oxygens (including phenoxy) is 1. The van der Waals surface area contributed by atoms with E-state index in [1.54, 1.807) is 55.6 Å². The van der Waals surface area contributed by atoms with Gasteiger partial charge in [0.05, 0.1) is 0 Å². The van der Waals surface area contributed by atoms with Crippen LogP contribution in [0.25, 0.3) is 0 Å². The highest BCUT2D eigenvalue weighted by Crippen LogP contribution is 2.19. The molecule has 2 rings (SSSR count). The zero-order chi connectivity index (χ0) is 16.8. The normalized spacial score (nSPS) is 10.0. The van der Waals surface area contributed by atoms with Crippen LogP contribution in [-0.4, -0.2) is 25.5 Å². The summed E-state index contributed by atoms with van der Waals surface area (Å²) in [4.78, 5) is 24.6. The third kappa shape index (κ3) is 5.00. The second-order valence-electron chi connectivity index (χ2n) is 4.92. The fraction of sp³-hybridized carbons (Fsp3) is 0.176. The topological polar surface area (TPSA) is 58.6 Å². The van der Waals surface area contributed by atoms with Gasteiger partial charge >= 0.3 is 0 Å². The third-order valence-electron chi connectivity index (χ3n) is 3.19. The number of rotatable bonds is 5. The monoisotopic (exact) mass is 332 g/mol. The van der Waals surface area contributed by atoms with Crippen molar-refractivity contribution in [3.05, 3.63) is 53.6 Å². The SMILES string of the molecule is CC(=O)N(C)c1ccc(OCC(=O)Nc2ccc(Cl)cc2)cc1. The van der Waals surface area contributed by atoms with E-state index in [-0.39, 0.29) is 18.4 Å². The Morgan fingerprint density at radius 2 is 1.70 bits per heavy atom. The molecule has 0 spiro atoms. The van der Waals surface area contributed by atoms with Crippen LogP contribution < -0.4 is 15.0 Å². The minimum absolute atomic E-state index is 0.0546. The Labute approximate surface area is 139 Å². The molecule has 0 saturated heterocycles. The fourth-order valence-corrected chi connectivity index (χ4v) is 1.95. The van der Waals surface area contributed by atoms with Gasteiger partial charge in [-0.2, -0.15) is 0 Å². The van der Waals surface area contributed by atoms with Crippen LogP contribution in [0, 0.1) is 0 Å². The highest BCUT2D eigenvalue weighted by atomic mass is 35.5. The van der Waals surface area contributed by atoms with Gasteiger partial charge in [-0.1, -0.05) is 11.6 Å². The van der Waals surface area contributed by atoms with E-state index in [1.807, 2.05) is 0 Å². The Morgan fingerprint density at radius 3 is 2.26 bits per heavy atom. The molecular formula is C17H17ClN2O3. The van der Waals surface area contributed by atoms with Crippen LogP contribution in [0.5, 0.6) is 5.75 Å². The molecule has 2 aromatic rings. The van der Waals surface area contributed by atoms with Gasteiger partial charge in [-0.15, -0.1) is 0 Å².